The highest BCUT2D eigenvalue weighted by Crippen LogP contribution is 2.55. The van der Waals surface area contributed by atoms with Gasteiger partial charge in [0.2, 0.25) is 12.5 Å². The van der Waals surface area contributed by atoms with Crippen molar-refractivity contribution in [2.45, 2.75) is 18.9 Å². The Morgan fingerprint density at radius 2 is 1.59 bits per heavy atom. The lowest BCUT2D eigenvalue weighted by Gasteiger charge is -2.39. The van der Waals surface area contributed by atoms with Gasteiger partial charge < -0.3 is 38.7 Å². The summed E-state index contributed by atoms with van der Waals surface area (Å²) in [5, 5.41) is 3.64. The fourth-order valence-electron chi connectivity index (χ4n) is 6.92. The van der Waals surface area contributed by atoms with Gasteiger partial charge in [-0.2, -0.15) is 0 Å². The molecule has 1 fully saturated rings. The zero-order valence-corrected chi connectivity index (χ0v) is 24.5. The number of aromatic nitrogens is 1. The molecule has 2 N–H and O–H groups in total. The van der Waals surface area contributed by atoms with Crippen molar-refractivity contribution in [2.75, 3.05) is 34.7 Å². The van der Waals surface area contributed by atoms with Crippen molar-refractivity contribution in [1.29, 1.82) is 0 Å². The van der Waals surface area contributed by atoms with E-state index in [1.54, 1.807) is 13.0 Å². The van der Waals surface area contributed by atoms with Gasteiger partial charge in [0.25, 0.3) is 11.7 Å². The Bertz CT molecular complexity index is 1820. The lowest BCUT2D eigenvalue weighted by Crippen LogP contribution is -2.44. The van der Waals surface area contributed by atoms with Crippen molar-refractivity contribution < 1.29 is 42.8 Å². The van der Waals surface area contributed by atoms with Crippen LogP contribution in [0.5, 0.6) is 28.7 Å². The maximum absolute atomic E-state index is 13.7. The Balaban J connectivity index is 1.35. The van der Waals surface area contributed by atoms with E-state index in [4.69, 9.17) is 28.4 Å². The molecule has 44 heavy (non-hydrogen) atoms. The van der Waals surface area contributed by atoms with Crippen LogP contribution in [-0.4, -0.2) is 57.4 Å². The molecule has 2 aliphatic heterocycles. The predicted molar refractivity (Wildman–Crippen MR) is 157 cm³/mol. The average molecular weight is 599 g/mol. The second kappa shape index (κ2) is 10.5. The predicted octanol–water partition coefficient (Wildman–Crippen LogP) is 4.21. The third-order valence-corrected chi connectivity index (χ3v) is 8.85. The molecular weight excluding hydrogens is 568 g/mol. The van der Waals surface area contributed by atoms with Gasteiger partial charge in [0.1, 0.15) is 0 Å². The second-order valence-corrected chi connectivity index (χ2v) is 11.0. The Morgan fingerprint density at radius 3 is 2.27 bits per heavy atom. The smallest absolute Gasteiger partial charge is 0.310 e. The van der Waals surface area contributed by atoms with Gasteiger partial charge in [0, 0.05) is 28.4 Å². The molecule has 3 heterocycles. The van der Waals surface area contributed by atoms with Crippen molar-refractivity contribution in [3.05, 3.63) is 76.5 Å². The second-order valence-electron chi connectivity index (χ2n) is 11.0. The minimum atomic E-state index is -0.782. The summed E-state index contributed by atoms with van der Waals surface area (Å²) >= 11 is 0. The van der Waals surface area contributed by atoms with Crippen LogP contribution in [0.15, 0.2) is 48.5 Å². The minimum Gasteiger partial charge on any atom is -0.493 e. The van der Waals surface area contributed by atoms with Crippen LogP contribution in [0.4, 0.5) is 0 Å². The number of nitrogens with one attached hydrogen (secondary N) is 2. The van der Waals surface area contributed by atoms with Crippen LogP contribution >= 0.6 is 0 Å². The van der Waals surface area contributed by atoms with Crippen molar-refractivity contribution in [3.8, 4) is 28.7 Å². The largest absolute Gasteiger partial charge is 0.493 e. The fraction of sp³-hybridized carbons (Fsp3) is 0.303. The Kier molecular flexibility index (Phi) is 6.60. The Morgan fingerprint density at radius 1 is 0.909 bits per heavy atom. The summed E-state index contributed by atoms with van der Waals surface area (Å²) in [6.45, 7) is 1.86. The number of carbonyl (C=O) groups excluding carboxylic acids is 3. The molecule has 3 aliphatic rings. The van der Waals surface area contributed by atoms with Crippen LogP contribution < -0.4 is 29.0 Å². The number of methoxy groups -OCH3 is 3. The number of aromatic amines is 1. The summed E-state index contributed by atoms with van der Waals surface area (Å²) in [7, 11) is 4.57. The Hall–Kier alpha value is -5.19. The zero-order chi connectivity index (χ0) is 30.7. The molecule has 4 aromatic rings. The number of aryl methyl sites for hydroxylation is 1. The maximum Gasteiger partial charge on any atom is 0.310 e. The first-order chi connectivity index (χ1) is 21.3. The molecule has 3 aromatic carbocycles. The number of hydrogen-bond acceptors (Lipinski definition) is 9. The number of ketones is 1. The number of esters is 1. The van der Waals surface area contributed by atoms with E-state index in [1.165, 1.54) is 21.3 Å². The zero-order valence-electron chi connectivity index (χ0n) is 24.5. The van der Waals surface area contributed by atoms with Gasteiger partial charge in [0.05, 0.1) is 45.5 Å². The van der Waals surface area contributed by atoms with Gasteiger partial charge in [-0.15, -0.1) is 0 Å². The molecule has 7 rings (SSSR count). The molecule has 11 heteroatoms. The van der Waals surface area contributed by atoms with Gasteiger partial charge in [-0.1, -0.05) is 18.2 Å². The highest BCUT2D eigenvalue weighted by atomic mass is 16.7. The van der Waals surface area contributed by atoms with Crippen molar-refractivity contribution in [3.63, 3.8) is 0 Å². The first kappa shape index (κ1) is 27.6. The van der Waals surface area contributed by atoms with Crippen LogP contribution in [0.3, 0.4) is 0 Å². The van der Waals surface area contributed by atoms with Crippen molar-refractivity contribution >= 4 is 28.6 Å². The normalized spacial score (nSPS) is 21.3. The number of cyclic esters (lactones) is 1. The number of rotatable bonds is 7. The summed E-state index contributed by atoms with van der Waals surface area (Å²) in [6.07, 6.45) is 0. The minimum absolute atomic E-state index is 0.0390. The number of para-hydroxylation sites is 1. The van der Waals surface area contributed by atoms with Crippen LogP contribution in [-0.2, 0) is 14.3 Å². The van der Waals surface area contributed by atoms with E-state index in [2.05, 4.69) is 10.3 Å². The standard InChI is InChI=1S/C33H30N2O9/c1-15-26(17-7-5-6-8-21(17)34-15)30(36)32(37)35-29-19-12-23-22(43-14-44-23)11-18(19)27(28-20(29)13-42-33(28)38)16-9-24(39-2)31(41-4)25(10-16)40-3/h5-12,20,27-29,34H,13-14H2,1-4H3,(H,35,37)/t20-,27+,28-,29+/m0/s1. The molecule has 0 bridgehead atoms. The topological polar surface area (TPSA) is 134 Å². The van der Waals surface area contributed by atoms with E-state index in [0.717, 1.165) is 16.6 Å². The lowest BCUT2D eigenvalue weighted by atomic mass is 9.65. The molecule has 1 aliphatic carbocycles. The SMILES string of the molecule is COc1cc([C@@H]2c3cc4c(cc3[C@@H](NC(=O)C(=O)c3c(C)[nH]c5ccccc35)[C@H]3COC(=O)[C@H]23)OCO4)cc(OC)c1OC. The monoisotopic (exact) mass is 598 g/mol. The molecule has 226 valence electrons. The number of benzene rings is 3. The van der Waals surface area contributed by atoms with Crippen LogP contribution in [0.1, 0.15) is 44.7 Å². The molecule has 4 atom stereocenters. The number of H-pyrrole nitrogens is 1. The van der Waals surface area contributed by atoms with Crippen molar-refractivity contribution in [1.82, 2.24) is 10.3 Å². The van der Waals surface area contributed by atoms with Gasteiger partial charge >= 0.3 is 5.97 Å². The van der Waals surface area contributed by atoms with Gasteiger partial charge in [-0.25, -0.2) is 0 Å². The first-order valence-electron chi connectivity index (χ1n) is 14.2. The maximum atomic E-state index is 13.7. The van der Waals surface area contributed by atoms with E-state index in [0.29, 0.717) is 51.0 Å². The van der Waals surface area contributed by atoms with Gasteiger partial charge in [-0.3, -0.25) is 14.4 Å². The highest BCUT2D eigenvalue weighted by Gasteiger charge is 2.53. The summed E-state index contributed by atoms with van der Waals surface area (Å²) < 4.78 is 33.8. The molecule has 0 spiro atoms. The van der Waals surface area contributed by atoms with E-state index < -0.39 is 41.5 Å². The molecule has 1 aromatic heterocycles. The summed E-state index contributed by atoms with van der Waals surface area (Å²) in [5.41, 5.74) is 3.82. The number of hydrogen-bond donors (Lipinski definition) is 2. The molecule has 11 nitrogen and oxygen atoms in total. The van der Waals surface area contributed by atoms with Crippen LogP contribution in [0.2, 0.25) is 0 Å². The fourth-order valence-corrected chi connectivity index (χ4v) is 6.92. The quantitative estimate of drug-likeness (QED) is 0.182. The number of amides is 1. The Labute approximate surface area is 252 Å². The molecular formula is C33H30N2O9. The highest BCUT2D eigenvalue weighted by molar-refractivity contribution is 6.45. The number of ether oxygens (including phenoxy) is 6. The lowest BCUT2D eigenvalue weighted by molar-refractivity contribution is -0.141. The van der Waals surface area contributed by atoms with Gasteiger partial charge in [0.15, 0.2) is 23.0 Å². The van der Waals surface area contributed by atoms with E-state index in [1.807, 2.05) is 42.5 Å². The molecule has 1 saturated heterocycles. The van der Waals surface area contributed by atoms with E-state index in [9.17, 15) is 14.4 Å². The van der Waals surface area contributed by atoms with Gasteiger partial charge in [-0.05, 0) is 53.9 Å². The molecule has 0 saturated carbocycles. The van der Waals surface area contributed by atoms with E-state index in [-0.39, 0.29) is 13.4 Å². The van der Waals surface area contributed by atoms with E-state index >= 15 is 0 Å². The summed E-state index contributed by atoms with van der Waals surface area (Å²) in [5.74, 6) is -1.25. The van der Waals surface area contributed by atoms with Crippen molar-refractivity contribution in [2.24, 2.45) is 11.8 Å². The molecule has 0 radical (unpaired) electrons. The third kappa shape index (κ3) is 4.14. The number of Topliss-reactive ketones (excluding diaryl/α,β-unsaturated/α-hetero) is 1. The summed E-state index contributed by atoms with van der Waals surface area (Å²) in [6, 6.07) is 13.9. The molecule has 0 unspecified atom stereocenters. The first-order valence-corrected chi connectivity index (χ1v) is 14.2. The number of fused-ring (bicyclic) bond motifs is 4. The average Bonchev–Trinajstić information content (AvgIpc) is 3.75. The number of carbonyl (C=O) groups is 3. The summed E-state index contributed by atoms with van der Waals surface area (Å²) in [4.78, 5) is 44.0. The van der Waals surface area contributed by atoms with Crippen LogP contribution in [0.25, 0.3) is 10.9 Å². The molecule has 1 amide bonds. The third-order valence-electron chi connectivity index (χ3n) is 8.85. The van der Waals surface area contributed by atoms with Crippen LogP contribution in [0, 0.1) is 18.8 Å².